The number of aliphatic carboxylic acids is 1. The summed E-state index contributed by atoms with van der Waals surface area (Å²) in [6.45, 7) is 2.04. The first kappa shape index (κ1) is 24.3. The monoisotopic (exact) mass is 450 g/mol. The fraction of sp³-hybridized carbons (Fsp3) is 0.667. The van der Waals surface area contributed by atoms with E-state index in [1.807, 2.05) is 19.1 Å². The van der Waals surface area contributed by atoms with Gasteiger partial charge in [-0.1, -0.05) is 19.1 Å². The number of fused-ring (bicyclic) bond motifs is 2. The first-order valence-corrected chi connectivity index (χ1v) is 11.4. The number of carboxylic acid groups (broad SMARTS) is 1. The van der Waals surface area contributed by atoms with Crippen molar-refractivity contribution < 1.29 is 38.7 Å². The van der Waals surface area contributed by atoms with E-state index in [2.05, 4.69) is 6.07 Å². The summed E-state index contributed by atoms with van der Waals surface area (Å²) in [5.41, 5.74) is 2.20. The number of hydrogen-bond donors (Lipinski definition) is 2. The third-order valence-corrected chi connectivity index (χ3v) is 6.73. The lowest BCUT2D eigenvalue weighted by atomic mass is 9.73. The molecule has 0 aliphatic heterocycles. The van der Waals surface area contributed by atoms with Gasteiger partial charge in [-0.25, -0.2) is 9.59 Å². The van der Waals surface area contributed by atoms with Crippen LogP contribution in [0.5, 0.6) is 5.75 Å². The molecule has 0 saturated heterocycles. The highest BCUT2D eigenvalue weighted by Gasteiger charge is 2.47. The second-order valence-corrected chi connectivity index (χ2v) is 8.69. The molecule has 2 N–H and O–H groups in total. The molecule has 5 atom stereocenters. The van der Waals surface area contributed by atoms with Gasteiger partial charge in [0.05, 0.1) is 12.7 Å². The lowest BCUT2D eigenvalue weighted by Gasteiger charge is -2.32. The summed E-state index contributed by atoms with van der Waals surface area (Å²) in [4.78, 5) is 23.2. The standard InChI is InChI=1S/C24H34O8/c1-3-17(25)7-8-18-19-11-15-5-4-6-21(31-14-23(26)27)20(15)12-16(19)13-22(18)32-24(28)30-10-9-29-2/h4-6,16-19,22,25H,3,7-14H2,1-2H3,(H,26,27)/t16-,17-,18+,19-,22+/m0/s1. The van der Waals surface area contributed by atoms with Crippen molar-refractivity contribution in [2.45, 2.75) is 57.7 Å². The van der Waals surface area contributed by atoms with Crippen LogP contribution >= 0.6 is 0 Å². The van der Waals surface area contributed by atoms with Gasteiger partial charge in [-0.3, -0.25) is 0 Å². The minimum absolute atomic E-state index is 0.132. The molecule has 1 aromatic carbocycles. The van der Waals surface area contributed by atoms with E-state index in [-0.39, 0.29) is 37.3 Å². The van der Waals surface area contributed by atoms with Crippen molar-refractivity contribution in [1.82, 2.24) is 0 Å². The van der Waals surface area contributed by atoms with Crippen LogP contribution in [-0.4, -0.2) is 61.5 Å². The highest BCUT2D eigenvalue weighted by molar-refractivity contribution is 5.68. The quantitative estimate of drug-likeness (QED) is 0.390. The smallest absolute Gasteiger partial charge is 0.482 e. The molecule has 0 spiro atoms. The Bertz CT molecular complexity index is 779. The summed E-state index contributed by atoms with van der Waals surface area (Å²) < 4.78 is 21.3. The Morgan fingerprint density at radius 1 is 1.22 bits per heavy atom. The van der Waals surface area contributed by atoms with Crippen LogP contribution in [0.3, 0.4) is 0 Å². The molecule has 3 rings (SSSR count). The van der Waals surface area contributed by atoms with E-state index in [1.54, 1.807) is 0 Å². The van der Waals surface area contributed by atoms with Gasteiger partial charge >= 0.3 is 12.1 Å². The molecule has 8 heteroatoms. The summed E-state index contributed by atoms with van der Waals surface area (Å²) in [5.74, 6) is 0.348. The average molecular weight is 451 g/mol. The maximum absolute atomic E-state index is 12.2. The third-order valence-electron chi connectivity index (χ3n) is 6.73. The zero-order valence-corrected chi connectivity index (χ0v) is 18.8. The summed E-state index contributed by atoms with van der Waals surface area (Å²) in [5, 5.41) is 19.1. The molecular formula is C24H34O8. The third kappa shape index (κ3) is 6.13. The van der Waals surface area contributed by atoms with E-state index in [4.69, 9.17) is 24.1 Å². The van der Waals surface area contributed by atoms with E-state index >= 15 is 0 Å². The van der Waals surface area contributed by atoms with Crippen molar-refractivity contribution in [2.24, 2.45) is 17.8 Å². The molecule has 1 aromatic rings. The van der Waals surface area contributed by atoms with Gasteiger partial charge in [0.1, 0.15) is 18.5 Å². The van der Waals surface area contributed by atoms with Crippen molar-refractivity contribution in [3.05, 3.63) is 29.3 Å². The Labute approximate surface area is 188 Å². The molecule has 0 aromatic heterocycles. The van der Waals surface area contributed by atoms with Crippen LogP contribution in [0.15, 0.2) is 18.2 Å². The van der Waals surface area contributed by atoms with Gasteiger partial charge < -0.3 is 29.2 Å². The number of carbonyl (C=O) groups excluding carboxylic acids is 1. The van der Waals surface area contributed by atoms with Crippen LogP contribution in [-0.2, 0) is 31.8 Å². The highest BCUT2D eigenvalue weighted by Crippen LogP contribution is 2.49. The number of aliphatic hydroxyl groups excluding tert-OH is 1. The molecule has 0 amide bonds. The number of methoxy groups -OCH3 is 1. The van der Waals surface area contributed by atoms with Crippen LogP contribution in [0.25, 0.3) is 0 Å². The van der Waals surface area contributed by atoms with Crippen LogP contribution in [0.2, 0.25) is 0 Å². The van der Waals surface area contributed by atoms with Gasteiger partial charge in [-0.05, 0) is 73.5 Å². The van der Waals surface area contributed by atoms with E-state index in [0.717, 1.165) is 30.4 Å². The van der Waals surface area contributed by atoms with E-state index in [9.17, 15) is 14.7 Å². The van der Waals surface area contributed by atoms with Gasteiger partial charge in [0, 0.05) is 7.11 Å². The average Bonchev–Trinajstić information content (AvgIpc) is 3.10. The largest absolute Gasteiger partial charge is 0.508 e. The predicted octanol–water partition coefficient (Wildman–Crippen LogP) is 3.22. The lowest BCUT2D eigenvalue weighted by Crippen LogP contribution is -2.30. The van der Waals surface area contributed by atoms with Crippen molar-refractivity contribution in [3.63, 3.8) is 0 Å². The summed E-state index contributed by atoms with van der Waals surface area (Å²) in [7, 11) is 1.54. The van der Waals surface area contributed by atoms with Gasteiger partial charge in [0.25, 0.3) is 0 Å². The normalized spacial score (nSPS) is 24.8. The Morgan fingerprint density at radius 2 is 2.03 bits per heavy atom. The van der Waals surface area contributed by atoms with E-state index < -0.39 is 12.1 Å². The zero-order valence-electron chi connectivity index (χ0n) is 18.8. The molecule has 32 heavy (non-hydrogen) atoms. The van der Waals surface area contributed by atoms with Gasteiger partial charge in [-0.15, -0.1) is 0 Å². The fourth-order valence-corrected chi connectivity index (χ4v) is 5.14. The van der Waals surface area contributed by atoms with Crippen molar-refractivity contribution in [3.8, 4) is 5.75 Å². The molecule has 0 heterocycles. The molecule has 0 bridgehead atoms. The van der Waals surface area contributed by atoms with Gasteiger partial charge in [-0.2, -0.15) is 0 Å². The SMILES string of the molecule is CC[C@H](O)CC[C@@H]1[C@H]2Cc3cccc(OCC(=O)O)c3C[C@H]2C[C@H]1OC(=O)OCCOC. The predicted molar refractivity (Wildman–Crippen MR) is 116 cm³/mol. The van der Waals surface area contributed by atoms with Crippen LogP contribution in [0, 0.1) is 17.8 Å². The molecule has 2 aliphatic rings. The lowest BCUT2D eigenvalue weighted by molar-refractivity contribution is -0.139. The molecule has 178 valence electrons. The maximum atomic E-state index is 12.2. The second-order valence-electron chi connectivity index (χ2n) is 8.69. The van der Waals surface area contributed by atoms with E-state index in [1.165, 1.54) is 7.11 Å². The van der Waals surface area contributed by atoms with Crippen molar-refractivity contribution in [2.75, 3.05) is 26.9 Å². The molecule has 1 saturated carbocycles. The van der Waals surface area contributed by atoms with Gasteiger partial charge in [0.2, 0.25) is 0 Å². The van der Waals surface area contributed by atoms with E-state index in [0.29, 0.717) is 37.5 Å². The Kier molecular flexibility index (Phi) is 8.75. The fourth-order valence-electron chi connectivity index (χ4n) is 5.14. The number of rotatable bonds is 11. The maximum Gasteiger partial charge on any atom is 0.508 e. The summed E-state index contributed by atoms with van der Waals surface area (Å²) in [6, 6.07) is 5.76. The van der Waals surface area contributed by atoms with Crippen molar-refractivity contribution in [1.29, 1.82) is 0 Å². The summed E-state index contributed by atoms with van der Waals surface area (Å²) in [6.07, 6.45) is 3.08. The Hall–Kier alpha value is -2.32. The second kappa shape index (κ2) is 11.5. The number of ether oxygens (including phenoxy) is 4. The molecule has 2 aliphatic carbocycles. The van der Waals surface area contributed by atoms with Crippen LogP contribution in [0.4, 0.5) is 4.79 Å². The minimum atomic E-state index is -1.01. The number of carbonyl (C=O) groups is 2. The first-order valence-electron chi connectivity index (χ1n) is 11.4. The minimum Gasteiger partial charge on any atom is -0.482 e. The van der Waals surface area contributed by atoms with Crippen LogP contribution < -0.4 is 4.74 Å². The van der Waals surface area contributed by atoms with Gasteiger partial charge in [0.15, 0.2) is 6.61 Å². The first-order chi connectivity index (χ1) is 15.4. The Balaban J connectivity index is 1.74. The highest BCUT2D eigenvalue weighted by atomic mass is 16.7. The molecule has 0 radical (unpaired) electrons. The summed E-state index contributed by atoms with van der Waals surface area (Å²) >= 11 is 0. The molecule has 0 unspecified atom stereocenters. The zero-order chi connectivity index (χ0) is 23.1. The number of hydrogen-bond acceptors (Lipinski definition) is 7. The Morgan fingerprint density at radius 3 is 2.75 bits per heavy atom. The van der Waals surface area contributed by atoms with Crippen molar-refractivity contribution >= 4 is 12.1 Å². The molecular weight excluding hydrogens is 416 g/mol. The number of aliphatic hydroxyl groups is 1. The molecule has 8 nitrogen and oxygen atoms in total. The number of benzene rings is 1. The molecule has 1 fully saturated rings. The number of carboxylic acids is 1. The topological polar surface area (TPSA) is 112 Å². The van der Waals surface area contributed by atoms with Crippen LogP contribution in [0.1, 0.15) is 43.7 Å².